The molecule has 0 bridgehead atoms. The van der Waals surface area contributed by atoms with Crippen LogP contribution in [0.3, 0.4) is 0 Å². The molecule has 3 aromatic carbocycles. The average Bonchev–Trinajstić information content (AvgIpc) is 3.20. The van der Waals surface area contributed by atoms with E-state index in [0.717, 1.165) is 49.5 Å². The molecule has 0 aliphatic heterocycles. The van der Waals surface area contributed by atoms with E-state index in [1.807, 2.05) is 18.3 Å². The van der Waals surface area contributed by atoms with Crippen LogP contribution in [0.1, 0.15) is 0 Å². The molecule has 3 nitrogen and oxygen atoms in total. The SMILES string of the molecule is c1cnc2c(c1)ccc1ccc(-c3c4ccccc4nc4c3sc3ccccc34)nc12. The van der Waals surface area contributed by atoms with Crippen LogP contribution in [0, 0.1) is 0 Å². The molecule has 0 amide bonds. The van der Waals surface area contributed by atoms with Gasteiger partial charge < -0.3 is 0 Å². The number of benzene rings is 3. The van der Waals surface area contributed by atoms with E-state index in [-0.39, 0.29) is 0 Å². The summed E-state index contributed by atoms with van der Waals surface area (Å²) in [6.45, 7) is 0. The van der Waals surface area contributed by atoms with Crippen molar-refractivity contribution in [3.05, 3.63) is 91.1 Å². The van der Waals surface area contributed by atoms with E-state index in [1.165, 1.54) is 14.8 Å². The molecule has 4 heterocycles. The van der Waals surface area contributed by atoms with Crippen molar-refractivity contribution in [3.63, 3.8) is 0 Å². The number of rotatable bonds is 1. The van der Waals surface area contributed by atoms with Crippen LogP contribution in [0.2, 0.25) is 0 Å². The zero-order valence-corrected chi connectivity index (χ0v) is 17.2. The maximum absolute atomic E-state index is 5.16. The van der Waals surface area contributed by atoms with Crippen molar-refractivity contribution in [2.45, 2.75) is 0 Å². The Balaban J connectivity index is 1.66. The number of thiophene rings is 1. The second-order valence-corrected chi connectivity index (χ2v) is 8.74. The van der Waals surface area contributed by atoms with Gasteiger partial charge >= 0.3 is 0 Å². The van der Waals surface area contributed by atoms with E-state index in [4.69, 9.17) is 9.97 Å². The largest absolute Gasteiger partial charge is 0.254 e. The molecule has 0 aliphatic carbocycles. The van der Waals surface area contributed by atoms with Gasteiger partial charge in [-0.25, -0.2) is 9.97 Å². The lowest BCUT2D eigenvalue weighted by Gasteiger charge is -2.10. The van der Waals surface area contributed by atoms with E-state index in [2.05, 4.69) is 77.8 Å². The summed E-state index contributed by atoms with van der Waals surface area (Å²) in [6.07, 6.45) is 1.84. The highest BCUT2D eigenvalue weighted by Gasteiger charge is 2.17. The Morgan fingerprint density at radius 2 is 1.35 bits per heavy atom. The Bertz CT molecular complexity index is 1800. The van der Waals surface area contributed by atoms with Crippen LogP contribution in [0.25, 0.3) is 64.3 Å². The summed E-state index contributed by atoms with van der Waals surface area (Å²) in [6, 6.07) is 29.4. The molecule has 0 saturated carbocycles. The molecular formula is C27H15N3S. The molecule has 0 unspecified atom stereocenters. The fourth-order valence-electron chi connectivity index (χ4n) is 4.45. The summed E-state index contributed by atoms with van der Waals surface area (Å²) >= 11 is 1.79. The van der Waals surface area contributed by atoms with E-state index >= 15 is 0 Å². The molecule has 144 valence electrons. The molecule has 0 aliphatic rings. The van der Waals surface area contributed by atoms with Crippen molar-refractivity contribution in [2.75, 3.05) is 0 Å². The third-order valence-electron chi connectivity index (χ3n) is 5.89. The van der Waals surface area contributed by atoms with Crippen LogP contribution in [-0.4, -0.2) is 15.0 Å². The number of pyridine rings is 3. The predicted octanol–water partition coefficient (Wildman–Crippen LogP) is 7.37. The Labute approximate surface area is 181 Å². The molecule has 0 fully saturated rings. The molecular weight excluding hydrogens is 398 g/mol. The molecule has 4 heteroatoms. The number of fused-ring (bicyclic) bond motifs is 7. The van der Waals surface area contributed by atoms with Gasteiger partial charge in [0, 0.05) is 38.0 Å². The van der Waals surface area contributed by atoms with Gasteiger partial charge in [-0.05, 0) is 24.3 Å². The topological polar surface area (TPSA) is 38.7 Å². The molecule has 31 heavy (non-hydrogen) atoms. The van der Waals surface area contributed by atoms with Crippen LogP contribution in [0.4, 0.5) is 0 Å². The first kappa shape index (κ1) is 16.9. The summed E-state index contributed by atoms with van der Waals surface area (Å²) < 4.78 is 2.43. The van der Waals surface area contributed by atoms with E-state index in [1.54, 1.807) is 11.3 Å². The second kappa shape index (κ2) is 6.30. The quantitative estimate of drug-likeness (QED) is 0.264. The van der Waals surface area contributed by atoms with Gasteiger partial charge in [-0.3, -0.25) is 4.98 Å². The van der Waals surface area contributed by atoms with E-state index in [9.17, 15) is 0 Å². The van der Waals surface area contributed by atoms with Crippen LogP contribution < -0.4 is 0 Å². The molecule has 0 radical (unpaired) electrons. The maximum Gasteiger partial charge on any atom is 0.0972 e. The number of para-hydroxylation sites is 1. The zero-order valence-electron chi connectivity index (χ0n) is 16.4. The van der Waals surface area contributed by atoms with Crippen molar-refractivity contribution < 1.29 is 0 Å². The minimum atomic E-state index is 0.936. The summed E-state index contributed by atoms with van der Waals surface area (Å²) in [4.78, 5) is 14.8. The number of nitrogens with zero attached hydrogens (tertiary/aromatic N) is 3. The Morgan fingerprint density at radius 3 is 2.29 bits per heavy atom. The van der Waals surface area contributed by atoms with Crippen molar-refractivity contribution in [1.82, 2.24) is 15.0 Å². The number of aromatic nitrogens is 3. The molecule has 0 atom stereocenters. The number of hydrogen-bond donors (Lipinski definition) is 0. The Kier molecular flexibility index (Phi) is 3.43. The van der Waals surface area contributed by atoms with Gasteiger partial charge in [-0.15, -0.1) is 11.3 Å². The van der Waals surface area contributed by atoms with Gasteiger partial charge in [0.05, 0.1) is 32.5 Å². The lowest BCUT2D eigenvalue weighted by Crippen LogP contribution is -1.91. The van der Waals surface area contributed by atoms with Gasteiger partial charge in [-0.1, -0.05) is 60.7 Å². The molecule has 0 spiro atoms. The highest BCUT2D eigenvalue weighted by atomic mass is 32.1. The lowest BCUT2D eigenvalue weighted by molar-refractivity contribution is 1.38. The zero-order chi connectivity index (χ0) is 20.4. The third kappa shape index (κ3) is 2.43. The standard InChI is InChI=1S/C27H15N3S/c1-3-9-20-18(7-1)23(27-26(29-20)19-8-2-4-10-22(19)31-27)21-14-13-17-12-11-16-6-5-15-28-24(16)25(17)30-21/h1-15H. The molecule has 7 aromatic rings. The number of hydrogen-bond acceptors (Lipinski definition) is 4. The normalized spacial score (nSPS) is 11.9. The Hall–Kier alpha value is -3.89. The predicted molar refractivity (Wildman–Crippen MR) is 131 cm³/mol. The van der Waals surface area contributed by atoms with Crippen molar-refractivity contribution >= 4 is 64.3 Å². The van der Waals surface area contributed by atoms with E-state index < -0.39 is 0 Å². The minimum Gasteiger partial charge on any atom is -0.254 e. The Morgan fingerprint density at radius 1 is 0.581 bits per heavy atom. The summed E-state index contributed by atoms with van der Waals surface area (Å²) in [5.41, 5.74) is 6.02. The van der Waals surface area contributed by atoms with Crippen LogP contribution >= 0.6 is 11.3 Å². The highest BCUT2D eigenvalue weighted by molar-refractivity contribution is 7.26. The summed E-state index contributed by atoms with van der Waals surface area (Å²) in [5.74, 6) is 0. The van der Waals surface area contributed by atoms with Gasteiger partial charge in [-0.2, -0.15) is 0 Å². The molecule has 4 aromatic heterocycles. The second-order valence-electron chi connectivity index (χ2n) is 7.69. The van der Waals surface area contributed by atoms with Crippen LogP contribution in [-0.2, 0) is 0 Å². The fraction of sp³-hybridized carbons (Fsp3) is 0. The van der Waals surface area contributed by atoms with Crippen molar-refractivity contribution in [1.29, 1.82) is 0 Å². The van der Waals surface area contributed by atoms with Gasteiger partial charge in [0.1, 0.15) is 0 Å². The first-order valence-corrected chi connectivity index (χ1v) is 11.0. The van der Waals surface area contributed by atoms with Gasteiger partial charge in [0.25, 0.3) is 0 Å². The smallest absolute Gasteiger partial charge is 0.0972 e. The monoisotopic (exact) mass is 413 g/mol. The lowest BCUT2D eigenvalue weighted by atomic mass is 10.0. The van der Waals surface area contributed by atoms with Gasteiger partial charge in [0.2, 0.25) is 0 Å². The van der Waals surface area contributed by atoms with E-state index in [0.29, 0.717) is 0 Å². The molecule has 0 N–H and O–H groups in total. The summed E-state index contributed by atoms with van der Waals surface area (Å²) in [5, 5.41) is 4.52. The summed E-state index contributed by atoms with van der Waals surface area (Å²) in [7, 11) is 0. The highest BCUT2D eigenvalue weighted by Crippen LogP contribution is 2.42. The van der Waals surface area contributed by atoms with Crippen molar-refractivity contribution in [2.24, 2.45) is 0 Å². The maximum atomic E-state index is 5.16. The molecule has 7 rings (SSSR count). The first-order valence-electron chi connectivity index (χ1n) is 10.2. The molecule has 0 saturated heterocycles. The van der Waals surface area contributed by atoms with Crippen LogP contribution in [0.5, 0.6) is 0 Å². The first-order chi connectivity index (χ1) is 15.4. The minimum absolute atomic E-state index is 0.936. The third-order valence-corrected chi connectivity index (χ3v) is 7.07. The van der Waals surface area contributed by atoms with Gasteiger partial charge in [0.15, 0.2) is 0 Å². The fourth-order valence-corrected chi connectivity index (χ4v) is 5.66. The van der Waals surface area contributed by atoms with Crippen LogP contribution in [0.15, 0.2) is 91.1 Å². The van der Waals surface area contributed by atoms with Crippen molar-refractivity contribution in [3.8, 4) is 11.3 Å². The average molecular weight is 414 g/mol.